The van der Waals surface area contributed by atoms with Crippen LogP contribution in [-0.2, 0) is 6.18 Å². The molecule has 1 atom stereocenters. The van der Waals surface area contributed by atoms with Crippen LogP contribution in [0.4, 0.5) is 17.6 Å². The van der Waals surface area contributed by atoms with Gasteiger partial charge in [-0.25, -0.2) is 9.07 Å². The van der Waals surface area contributed by atoms with E-state index in [1.54, 1.807) is 0 Å². The fourth-order valence-electron chi connectivity index (χ4n) is 3.04. The largest absolute Gasteiger partial charge is 0.434 e. The van der Waals surface area contributed by atoms with E-state index in [9.17, 15) is 22.4 Å². The Morgan fingerprint density at radius 3 is 2.70 bits per heavy atom. The molecule has 3 rings (SSSR count). The van der Waals surface area contributed by atoms with Crippen molar-refractivity contribution in [2.45, 2.75) is 19.0 Å². The van der Waals surface area contributed by atoms with E-state index in [2.05, 4.69) is 15.7 Å². The van der Waals surface area contributed by atoms with E-state index >= 15 is 0 Å². The lowest BCUT2D eigenvalue weighted by Crippen LogP contribution is -2.28. The summed E-state index contributed by atoms with van der Waals surface area (Å²) >= 11 is 0. The number of hydrogen-bond donors (Lipinski definition) is 2. The Morgan fingerprint density at radius 1 is 1.33 bits per heavy atom. The highest BCUT2D eigenvalue weighted by atomic mass is 35.5. The summed E-state index contributed by atoms with van der Waals surface area (Å²) in [4.78, 5) is 12.2. The maximum absolute atomic E-state index is 13.9. The van der Waals surface area contributed by atoms with Crippen LogP contribution in [0.3, 0.4) is 0 Å². The first kappa shape index (κ1) is 21.2. The number of benzene rings is 1. The smallest absolute Gasteiger partial charge is 0.352 e. The molecule has 10 heteroatoms. The van der Waals surface area contributed by atoms with Crippen molar-refractivity contribution in [2.24, 2.45) is 5.92 Å². The van der Waals surface area contributed by atoms with Crippen molar-refractivity contribution >= 4 is 18.3 Å². The maximum Gasteiger partial charge on any atom is 0.434 e. The second-order valence-corrected chi connectivity index (χ2v) is 6.17. The summed E-state index contributed by atoms with van der Waals surface area (Å²) in [5, 5.41) is 9.30. The van der Waals surface area contributed by atoms with E-state index in [1.807, 2.05) is 0 Å². The molecule has 2 N–H and O–H groups in total. The zero-order valence-corrected chi connectivity index (χ0v) is 15.0. The van der Waals surface area contributed by atoms with Crippen molar-refractivity contribution in [1.29, 1.82) is 0 Å². The average Bonchev–Trinajstić information content (AvgIpc) is 3.24. The van der Waals surface area contributed by atoms with Crippen molar-refractivity contribution < 1.29 is 22.4 Å². The molecule has 0 radical (unpaired) electrons. The van der Waals surface area contributed by atoms with Crippen molar-refractivity contribution in [3.05, 3.63) is 47.5 Å². The molecule has 1 aromatic carbocycles. The maximum atomic E-state index is 13.9. The Kier molecular flexibility index (Phi) is 6.83. The monoisotopic (exact) mass is 406 g/mol. The van der Waals surface area contributed by atoms with Gasteiger partial charge in [-0.3, -0.25) is 4.79 Å². The summed E-state index contributed by atoms with van der Waals surface area (Å²) in [5.41, 5.74) is -2.27. The highest BCUT2D eigenvalue weighted by molar-refractivity contribution is 5.95. The number of carbonyl (C=O) groups excluding carboxylic acids is 1. The van der Waals surface area contributed by atoms with E-state index in [0.29, 0.717) is 17.0 Å². The van der Waals surface area contributed by atoms with E-state index in [4.69, 9.17) is 0 Å². The minimum Gasteiger partial charge on any atom is -0.352 e. The van der Waals surface area contributed by atoms with Gasteiger partial charge in [0, 0.05) is 6.54 Å². The Labute approximate surface area is 159 Å². The van der Waals surface area contributed by atoms with Crippen LogP contribution in [0, 0.1) is 11.7 Å². The van der Waals surface area contributed by atoms with E-state index in [0.717, 1.165) is 31.8 Å². The Bertz CT molecular complexity index is 787. The molecular weight excluding hydrogens is 388 g/mol. The molecule has 1 amide bonds. The summed E-state index contributed by atoms with van der Waals surface area (Å²) in [6.45, 7) is 2.02. The minimum atomic E-state index is -4.86. The third-order valence-corrected chi connectivity index (χ3v) is 4.36. The van der Waals surface area contributed by atoms with Crippen LogP contribution in [-0.4, -0.2) is 35.3 Å². The summed E-state index contributed by atoms with van der Waals surface area (Å²) in [7, 11) is 0. The number of amides is 1. The van der Waals surface area contributed by atoms with Gasteiger partial charge in [-0.2, -0.15) is 18.3 Å². The number of halogens is 5. The quantitative estimate of drug-likeness (QED) is 0.750. The van der Waals surface area contributed by atoms with Crippen LogP contribution in [0.15, 0.2) is 30.5 Å². The molecule has 1 aromatic heterocycles. The molecule has 2 aromatic rings. The standard InChI is InChI=1S/C17H18F4N4O.ClH/c18-13-3-1-2-4-14(13)25-15(17(19,20)21)12(10-24-25)16(26)23-8-6-11-5-7-22-9-11;/h1-4,10-11,22H,5-9H2,(H,23,26);1H. The fourth-order valence-corrected chi connectivity index (χ4v) is 3.04. The topological polar surface area (TPSA) is 59.0 Å². The predicted molar refractivity (Wildman–Crippen MR) is 93.7 cm³/mol. The van der Waals surface area contributed by atoms with E-state index in [-0.39, 0.29) is 24.6 Å². The molecule has 0 bridgehead atoms. The van der Waals surface area contributed by atoms with Gasteiger partial charge in [0.05, 0.1) is 11.8 Å². The molecule has 148 valence electrons. The molecule has 0 aliphatic carbocycles. The van der Waals surface area contributed by atoms with Gasteiger partial charge in [0.15, 0.2) is 5.69 Å². The van der Waals surface area contributed by atoms with Crippen LogP contribution in [0.25, 0.3) is 5.69 Å². The first-order valence-electron chi connectivity index (χ1n) is 8.27. The van der Waals surface area contributed by atoms with Crippen LogP contribution < -0.4 is 10.6 Å². The zero-order chi connectivity index (χ0) is 18.7. The molecule has 5 nitrogen and oxygen atoms in total. The van der Waals surface area contributed by atoms with Crippen molar-refractivity contribution in [2.75, 3.05) is 19.6 Å². The van der Waals surface area contributed by atoms with Gasteiger partial charge in [0.2, 0.25) is 0 Å². The lowest BCUT2D eigenvalue weighted by Gasteiger charge is -2.14. The number of hydrogen-bond acceptors (Lipinski definition) is 3. The van der Waals surface area contributed by atoms with E-state index in [1.165, 1.54) is 18.2 Å². The molecule has 1 aliphatic heterocycles. The number of rotatable bonds is 5. The van der Waals surface area contributed by atoms with E-state index < -0.39 is 29.2 Å². The molecular formula is C17H19ClF4N4O. The fraction of sp³-hybridized carbons (Fsp3) is 0.412. The van der Waals surface area contributed by atoms with Gasteiger partial charge in [0.25, 0.3) is 5.91 Å². The van der Waals surface area contributed by atoms with Crippen LogP contribution >= 0.6 is 12.4 Å². The van der Waals surface area contributed by atoms with Gasteiger partial charge in [-0.15, -0.1) is 12.4 Å². The van der Waals surface area contributed by atoms with Crippen molar-refractivity contribution in [1.82, 2.24) is 20.4 Å². The molecule has 1 saturated heterocycles. The minimum absolute atomic E-state index is 0. The lowest BCUT2D eigenvalue weighted by molar-refractivity contribution is -0.143. The van der Waals surface area contributed by atoms with Gasteiger partial charge in [0.1, 0.15) is 11.5 Å². The molecule has 0 spiro atoms. The number of para-hydroxylation sites is 1. The normalized spacial score (nSPS) is 16.8. The number of carbonyl (C=O) groups is 1. The van der Waals surface area contributed by atoms with Gasteiger partial charge < -0.3 is 10.6 Å². The summed E-state index contributed by atoms with van der Waals surface area (Å²) in [6, 6.07) is 4.97. The van der Waals surface area contributed by atoms with Gasteiger partial charge in [-0.05, 0) is 44.0 Å². The summed E-state index contributed by atoms with van der Waals surface area (Å²) < 4.78 is 54.9. The highest BCUT2D eigenvalue weighted by Gasteiger charge is 2.41. The number of nitrogens with one attached hydrogen (secondary N) is 2. The molecule has 2 heterocycles. The van der Waals surface area contributed by atoms with Crippen LogP contribution in [0.2, 0.25) is 0 Å². The van der Waals surface area contributed by atoms with Crippen molar-refractivity contribution in [3.8, 4) is 5.69 Å². The van der Waals surface area contributed by atoms with Gasteiger partial charge >= 0.3 is 6.18 Å². The van der Waals surface area contributed by atoms with Crippen LogP contribution in [0.5, 0.6) is 0 Å². The SMILES string of the molecule is Cl.O=C(NCCC1CCNC1)c1cnn(-c2ccccc2F)c1C(F)(F)F. The number of alkyl halides is 3. The first-order valence-corrected chi connectivity index (χ1v) is 8.27. The predicted octanol–water partition coefficient (Wildman–Crippen LogP) is 3.18. The van der Waals surface area contributed by atoms with Crippen molar-refractivity contribution in [3.63, 3.8) is 0 Å². The molecule has 0 saturated carbocycles. The molecule has 1 aliphatic rings. The summed E-state index contributed by atoms with van der Waals surface area (Å²) in [5.74, 6) is -1.33. The Morgan fingerprint density at radius 2 is 2.07 bits per heavy atom. The molecule has 1 fully saturated rings. The van der Waals surface area contributed by atoms with Gasteiger partial charge in [-0.1, -0.05) is 12.1 Å². The zero-order valence-electron chi connectivity index (χ0n) is 14.2. The second kappa shape index (κ2) is 8.71. The summed E-state index contributed by atoms with van der Waals surface area (Å²) in [6.07, 6.45) is -2.38. The lowest BCUT2D eigenvalue weighted by atomic mass is 10.1. The second-order valence-electron chi connectivity index (χ2n) is 6.17. The highest BCUT2D eigenvalue weighted by Crippen LogP contribution is 2.34. The number of aromatic nitrogens is 2. The Hall–Kier alpha value is -2.13. The Balaban J connectivity index is 0.00000261. The third-order valence-electron chi connectivity index (χ3n) is 4.36. The average molecular weight is 407 g/mol. The molecule has 1 unspecified atom stereocenters. The third kappa shape index (κ3) is 4.78. The molecule has 27 heavy (non-hydrogen) atoms. The number of nitrogens with zero attached hydrogens (tertiary/aromatic N) is 2. The first-order chi connectivity index (χ1) is 12.4. The van der Waals surface area contributed by atoms with Crippen LogP contribution in [0.1, 0.15) is 28.9 Å².